The fourth-order valence-electron chi connectivity index (χ4n) is 2.15. The summed E-state index contributed by atoms with van der Waals surface area (Å²) in [5, 5.41) is 9.19. The second-order valence-corrected chi connectivity index (χ2v) is 5.22. The highest BCUT2D eigenvalue weighted by molar-refractivity contribution is 7.17. The summed E-state index contributed by atoms with van der Waals surface area (Å²) in [6, 6.07) is 7.94. The van der Waals surface area contributed by atoms with Crippen molar-refractivity contribution in [3.8, 4) is 17.0 Å². The minimum Gasteiger partial charge on any atom is -0.497 e. The Labute approximate surface area is 114 Å². The van der Waals surface area contributed by atoms with Crippen molar-refractivity contribution < 1.29 is 9.84 Å². The number of rotatable bonds is 4. The lowest BCUT2D eigenvalue weighted by Gasteiger charge is -2.05. The van der Waals surface area contributed by atoms with Crippen molar-refractivity contribution >= 4 is 16.3 Å². The molecule has 2 heterocycles. The van der Waals surface area contributed by atoms with Gasteiger partial charge in [0.15, 0.2) is 4.96 Å². The number of methoxy groups -OCH3 is 1. The van der Waals surface area contributed by atoms with Crippen molar-refractivity contribution in [3.05, 3.63) is 41.5 Å². The third kappa shape index (κ3) is 2.11. The Morgan fingerprint density at radius 2 is 2.11 bits per heavy atom. The van der Waals surface area contributed by atoms with Crippen molar-refractivity contribution in [2.24, 2.45) is 0 Å². The number of aliphatic hydroxyl groups excluding tert-OH is 1. The molecule has 1 N–H and O–H groups in total. The molecule has 3 rings (SSSR count). The molecule has 0 aliphatic rings. The summed E-state index contributed by atoms with van der Waals surface area (Å²) in [6.45, 7) is 0.146. The lowest BCUT2D eigenvalue weighted by Crippen LogP contribution is -1.93. The Kier molecular flexibility index (Phi) is 3.23. The molecule has 0 bridgehead atoms. The van der Waals surface area contributed by atoms with Crippen molar-refractivity contribution in [2.45, 2.75) is 6.42 Å². The second kappa shape index (κ2) is 5.03. The van der Waals surface area contributed by atoms with Gasteiger partial charge in [-0.1, -0.05) is 0 Å². The van der Waals surface area contributed by atoms with E-state index in [-0.39, 0.29) is 6.61 Å². The predicted molar refractivity (Wildman–Crippen MR) is 75.8 cm³/mol. The number of benzene rings is 1. The fourth-order valence-corrected chi connectivity index (χ4v) is 3.24. The predicted octanol–water partition coefficient (Wildman–Crippen LogP) is 2.61. The fraction of sp³-hybridized carbons (Fsp3) is 0.214. The highest BCUT2D eigenvalue weighted by Gasteiger charge is 2.14. The molecule has 0 radical (unpaired) electrons. The molecule has 0 amide bonds. The molecule has 4 nitrogen and oxygen atoms in total. The number of nitrogens with zero attached hydrogens (tertiary/aromatic N) is 2. The maximum absolute atomic E-state index is 9.19. The smallest absolute Gasteiger partial charge is 0.194 e. The minimum absolute atomic E-state index is 0.146. The van der Waals surface area contributed by atoms with Crippen molar-refractivity contribution in [3.63, 3.8) is 0 Å². The highest BCUT2D eigenvalue weighted by atomic mass is 32.1. The van der Waals surface area contributed by atoms with Gasteiger partial charge in [0.05, 0.1) is 12.8 Å². The van der Waals surface area contributed by atoms with E-state index in [1.165, 1.54) is 0 Å². The van der Waals surface area contributed by atoms with Crippen LogP contribution in [0.25, 0.3) is 16.2 Å². The monoisotopic (exact) mass is 274 g/mol. The summed E-state index contributed by atoms with van der Waals surface area (Å²) in [5.41, 5.74) is 2.21. The number of fused-ring (bicyclic) bond motifs is 1. The molecule has 0 atom stereocenters. The molecule has 1 aromatic carbocycles. The lowest BCUT2D eigenvalue weighted by atomic mass is 10.1. The van der Waals surface area contributed by atoms with Gasteiger partial charge in [0, 0.05) is 30.3 Å². The van der Waals surface area contributed by atoms with E-state index < -0.39 is 0 Å². The molecule has 0 saturated heterocycles. The average Bonchev–Trinajstić information content (AvgIpc) is 3.00. The van der Waals surface area contributed by atoms with Crippen molar-refractivity contribution in [1.82, 2.24) is 9.38 Å². The van der Waals surface area contributed by atoms with E-state index in [9.17, 15) is 5.11 Å². The first-order chi connectivity index (χ1) is 9.33. The van der Waals surface area contributed by atoms with E-state index in [4.69, 9.17) is 4.74 Å². The molecule has 0 aliphatic heterocycles. The number of hydrogen-bond donors (Lipinski definition) is 1. The molecule has 0 saturated carbocycles. The SMILES string of the molecule is COc1ccc(-c2c(CCO)sc3nccn23)cc1. The topological polar surface area (TPSA) is 46.8 Å². The lowest BCUT2D eigenvalue weighted by molar-refractivity contribution is 0.300. The van der Waals surface area contributed by atoms with Gasteiger partial charge in [-0.25, -0.2) is 4.98 Å². The number of thiazole rings is 1. The Morgan fingerprint density at radius 3 is 2.79 bits per heavy atom. The van der Waals surface area contributed by atoms with Crippen LogP contribution in [0.15, 0.2) is 36.7 Å². The number of hydrogen-bond acceptors (Lipinski definition) is 4. The Bertz CT molecular complexity index is 685. The van der Waals surface area contributed by atoms with Gasteiger partial charge in [0.1, 0.15) is 5.75 Å². The van der Waals surface area contributed by atoms with Gasteiger partial charge in [-0.3, -0.25) is 4.40 Å². The molecular weight excluding hydrogens is 260 g/mol. The van der Waals surface area contributed by atoms with E-state index in [0.29, 0.717) is 6.42 Å². The largest absolute Gasteiger partial charge is 0.497 e. The molecule has 3 aromatic rings. The van der Waals surface area contributed by atoms with Gasteiger partial charge in [-0.15, -0.1) is 11.3 Å². The molecule has 19 heavy (non-hydrogen) atoms. The zero-order valence-electron chi connectivity index (χ0n) is 10.5. The summed E-state index contributed by atoms with van der Waals surface area (Å²) in [4.78, 5) is 6.42. The summed E-state index contributed by atoms with van der Waals surface area (Å²) in [5.74, 6) is 0.838. The summed E-state index contributed by atoms with van der Waals surface area (Å²) in [6.07, 6.45) is 4.39. The molecule has 2 aromatic heterocycles. The first kappa shape index (κ1) is 12.2. The summed E-state index contributed by atoms with van der Waals surface area (Å²) < 4.78 is 7.25. The number of aromatic nitrogens is 2. The molecule has 5 heteroatoms. The van der Waals surface area contributed by atoms with Gasteiger partial charge in [0.25, 0.3) is 0 Å². The summed E-state index contributed by atoms with van der Waals surface area (Å²) >= 11 is 1.62. The van der Waals surface area contributed by atoms with Crippen LogP contribution in [0.3, 0.4) is 0 Å². The minimum atomic E-state index is 0.146. The maximum Gasteiger partial charge on any atom is 0.194 e. The van der Waals surface area contributed by atoms with Crippen LogP contribution in [-0.2, 0) is 6.42 Å². The van der Waals surface area contributed by atoms with E-state index >= 15 is 0 Å². The summed E-state index contributed by atoms with van der Waals surface area (Å²) in [7, 11) is 1.66. The van der Waals surface area contributed by atoms with Gasteiger partial charge in [0.2, 0.25) is 0 Å². The van der Waals surface area contributed by atoms with Gasteiger partial charge in [-0.05, 0) is 29.8 Å². The van der Waals surface area contributed by atoms with E-state index in [0.717, 1.165) is 26.8 Å². The molecule has 0 aliphatic carbocycles. The average molecular weight is 274 g/mol. The van der Waals surface area contributed by atoms with Crippen molar-refractivity contribution in [1.29, 1.82) is 0 Å². The molecule has 0 fully saturated rings. The quantitative estimate of drug-likeness (QED) is 0.795. The molecule has 0 unspecified atom stereocenters. The van der Waals surface area contributed by atoms with Crippen LogP contribution >= 0.6 is 11.3 Å². The van der Waals surface area contributed by atoms with E-state index in [2.05, 4.69) is 9.38 Å². The molecule has 98 valence electrons. The van der Waals surface area contributed by atoms with Crippen LogP contribution in [0.2, 0.25) is 0 Å². The van der Waals surface area contributed by atoms with Crippen LogP contribution in [-0.4, -0.2) is 28.2 Å². The Balaban J connectivity index is 2.14. The first-order valence-corrected chi connectivity index (χ1v) is 6.85. The third-order valence-corrected chi connectivity index (χ3v) is 4.16. The zero-order chi connectivity index (χ0) is 13.2. The van der Waals surface area contributed by atoms with Crippen molar-refractivity contribution in [2.75, 3.05) is 13.7 Å². The Morgan fingerprint density at radius 1 is 1.32 bits per heavy atom. The standard InChI is InChI=1S/C14H14N2O2S/c1-18-11-4-2-10(3-5-11)13-12(6-9-17)19-14-15-7-8-16(13)14/h2-5,7-8,17H,6,9H2,1H3. The first-order valence-electron chi connectivity index (χ1n) is 6.03. The Hall–Kier alpha value is -1.85. The van der Waals surface area contributed by atoms with Gasteiger partial charge < -0.3 is 9.84 Å². The van der Waals surface area contributed by atoms with Crippen LogP contribution in [0.5, 0.6) is 5.75 Å². The highest BCUT2D eigenvalue weighted by Crippen LogP contribution is 2.32. The number of ether oxygens (including phenoxy) is 1. The maximum atomic E-state index is 9.19. The van der Waals surface area contributed by atoms with Crippen LogP contribution in [0.1, 0.15) is 4.88 Å². The molecule has 0 spiro atoms. The molecular formula is C14H14N2O2S. The van der Waals surface area contributed by atoms with Crippen LogP contribution in [0, 0.1) is 0 Å². The van der Waals surface area contributed by atoms with E-state index in [1.54, 1.807) is 24.6 Å². The number of imidazole rings is 1. The van der Waals surface area contributed by atoms with Crippen LogP contribution < -0.4 is 4.74 Å². The van der Waals surface area contributed by atoms with Crippen LogP contribution in [0.4, 0.5) is 0 Å². The van der Waals surface area contributed by atoms with Gasteiger partial charge >= 0.3 is 0 Å². The van der Waals surface area contributed by atoms with E-state index in [1.807, 2.05) is 30.5 Å². The van der Waals surface area contributed by atoms with Gasteiger partial charge in [-0.2, -0.15) is 0 Å². The third-order valence-electron chi connectivity index (χ3n) is 3.03. The number of aliphatic hydroxyl groups is 1. The zero-order valence-corrected chi connectivity index (χ0v) is 11.4. The normalized spacial score (nSPS) is 11.1. The second-order valence-electron chi connectivity index (χ2n) is 4.16.